The molecule has 1 aliphatic heterocycles. The molecule has 0 radical (unpaired) electrons. The minimum Gasteiger partial charge on any atom is -0.437 e. The highest BCUT2D eigenvalue weighted by molar-refractivity contribution is 5.69. The summed E-state index contributed by atoms with van der Waals surface area (Å²) in [5.74, 6) is 1.55. The van der Waals surface area contributed by atoms with Gasteiger partial charge >= 0.3 is 0 Å². The van der Waals surface area contributed by atoms with Crippen LogP contribution in [0.1, 0.15) is 22.9 Å². The lowest BCUT2D eigenvalue weighted by atomic mass is 10.1. The molecule has 2 unspecified atom stereocenters. The van der Waals surface area contributed by atoms with Gasteiger partial charge in [-0.1, -0.05) is 0 Å². The minimum atomic E-state index is 0.0151. The van der Waals surface area contributed by atoms with Crippen molar-refractivity contribution in [3.05, 3.63) is 17.8 Å². The Morgan fingerprint density at radius 3 is 3.15 bits per heavy atom. The fraction of sp³-hybridized carbons (Fsp3) is 0.556. The normalized spacial score (nSPS) is 35.8. The van der Waals surface area contributed by atoms with Gasteiger partial charge in [0.2, 0.25) is 5.89 Å². The molecule has 2 fully saturated rings. The van der Waals surface area contributed by atoms with Crippen LogP contribution >= 0.6 is 0 Å². The topological polar surface area (TPSA) is 52.3 Å². The van der Waals surface area contributed by atoms with Crippen molar-refractivity contribution < 1.29 is 13.9 Å². The molecule has 68 valence electrons. The van der Waals surface area contributed by atoms with Crippen molar-refractivity contribution in [2.24, 2.45) is 5.92 Å². The van der Waals surface area contributed by atoms with E-state index in [1.807, 2.05) is 0 Å². The molecule has 0 bridgehead atoms. The Bertz CT molecular complexity index is 359. The Morgan fingerprint density at radius 2 is 2.62 bits per heavy atom. The fourth-order valence-corrected chi connectivity index (χ4v) is 2.05. The third kappa shape index (κ3) is 0.836. The van der Waals surface area contributed by atoms with E-state index in [1.54, 1.807) is 0 Å². The largest absolute Gasteiger partial charge is 0.437 e. The predicted molar refractivity (Wildman–Crippen MR) is 42.5 cm³/mol. The quantitative estimate of drug-likeness (QED) is 0.629. The average Bonchev–Trinajstić information content (AvgIpc) is 2.60. The van der Waals surface area contributed by atoms with Crippen molar-refractivity contribution in [2.45, 2.75) is 11.8 Å². The summed E-state index contributed by atoms with van der Waals surface area (Å²) in [5.41, 5.74) is 0.0151. The van der Waals surface area contributed by atoms with Crippen molar-refractivity contribution in [3.63, 3.8) is 0 Å². The number of ether oxygens (including phenoxy) is 1. The zero-order chi connectivity index (χ0) is 8.89. The molecule has 3 rings (SSSR count). The maximum atomic E-state index is 10.4. The SMILES string of the molecule is O=Cc1cnc(C23COCC2C3)o1. The van der Waals surface area contributed by atoms with Crippen LogP contribution in [0.3, 0.4) is 0 Å². The van der Waals surface area contributed by atoms with Crippen LogP contribution in [0.2, 0.25) is 0 Å². The molecule has 0 N–H and O–H groups in total. The molecule has 1 saturated heterocycles. The van der Waals surface area contributed by atoms with E-state index in [9.17, 15) is 4.79 Å². The molecular weight excluding hydrogens is 170 g/mol. The molecule has 13 heavy (non-hydrogen) atoms. The highest BCUT2D eigenvalue weighted by Gasteiger charge is 2.62. The van der Waals surface area contributed by atoms with Crippen LogP contribution in [-0.4, -0.2) is 24.5 Å². The summed E-state index contributed by atoms with van der Waals surface area (Å²) in [4.78, 5) is 14.5. The van der Waals surface area contributed by atoms with E-state index in [2.05, 4.69) is 4.98 Å². The highest BCUT2D eigenvalue weighted by Crippen LogP contribution is 2.57. The summed E-state index contributed by atoms with van der Waals surface area (Å²) in [6, 6.07) is 0. The molecule has 4 nitrogen and oxygen atoms in total. The molecule has 0 aromatic carbocycles. The molecule has 2 heterocycles. The van der Waals surface area contributed by atoms with Gasteiger partial charge in [0.1, 0.15) is 0 Å². The van der Waals surface area contributed by atoms with Gasteiger partial charge in [0.25, 0.3) is 0 Å². The second kappa shape index (κ2) is 2.20. The molecule has 1 aromatic heterocycles. The summed E-state index contributed by atoms with van der Waals surface area (Å²) in [6.07, 6.45) is 3.25. The van der Waals surface area contributed by atoms with Crippen LogP contribution in [0.5, 0.6) is 0 Å². The van der Waals surface area contributed by atoms with Crippen LogP contribution in [0.15, 0.2) is 10.6 Å². The van der Waals surface area contributed by atoms with E-state index in [-0.39, 0.29) is 5.41 Å². The number of hydrogen-bond acceptors (Lipinski definition) is 4. The Kier molecular flexibility index (Phi) is 1.23. The molecule has 4 heteroatoms. The zero-order valence-electron chi connectivity index (χ0n) is 7.03. The van der Waals surface area contributed by atoms with Crippen LogP contribution in [-0.2, 0) is 10.2 Å². The monoisotopic (exact) mass is 179 g/mol. The van der Waals surface area contributed by atoms with E-state index < -0.39 is 0 Å². The number of aromatic nitrogens is 1. The van der Waals surface area contributed by atoms with E-state index in [4.69, 9.17) is 9.15 Å². The van der Waals surface area contributed by atoms with E-state index in [1.165, 1.54) is 6.20 Å². The first-order valence-corrected chi connectivity index (χ1v) is 4.34. The standard InChI is InChI=1S/C9H9NO3/c11-3-7-2-10-8(13-7)9-1-6(9)4-12-5-9/h2-3,6H,1,4-5H2. The lowest BCUT2D eigenvalue weighted by Crippen LogP contribution is -2.11. The number of hydrogen-bond donors (Lipinski definition) is 0. The number of carbonyl (C=O) groups excluding carboxylic acids is 1. The average molecular weight is 179 g/mol. The van der Waals surface area contributed by atoms with Crippen LogP contribution < -0.4 is 0 Å². The van der Waals surface area contributed by atoms with Crippen LogP contribution in [0, 0.1) is 5.92 Å². The van der Waals surface area contributed by atoms with Gasteiger partial charge in [-0.15, -0.1) is 0 Å². The van der Waals surface area contributed by atoms with Gasteiger partial charge in [-0.2, -0.15) is 0 Å². The summed E-state index contributed by atoms with van der Waals surface area (Å²) in [5, 5.41) is 0. The number of rotatable bonds is 2. The number of nitrogens with zero attached hydrogens (tertiary/aromatic N) is 1. The van der Waals surface area contributed by atoms with E-state index in [0.29, 0.717) is 30.5 Å². The van der Waals surface area contributed by atoms with Crippen molar-refractivity contribution in [3.8, 4) is 0 Å². The molecule has 2 atom stereocenters. The molecule has 2 aliphatic rings. The first-order valence-electron chi connectivity index (χ1n) is 4.34. The maximum absolute atomic E-state index is 10.4. The van der Waals surface area contributed by atoms with Gasteiger partial charge in [-0.25, -0.2) is 4.98 Å². The van der Waals surface area contributed by atoms with E-state index >= 15 is 0 Å². The molecule has 1 saturated carbocycles. The lowest BCUT2D eigenvalue weighted by Gasteiger charge is -2.03. The highest BCUT2D eigenvalue weighted by atomic mass is 16.5. The van der Waals surface area contributed by atoms with Gasteiger partial charge < -0.3 is 9.15 Å². The number of carbonyl (C=O) groups is 1. The lowest BCUT2D eigenvalue weighted by molar-refractivity contribution is 0.109. The second-order valence-corrected chi connectivity index (χ2v) is 3.76. The van der Waals surface area contributed by atoms with Crippen molar-refractivity contribution >= 4 is 6.29 Å². The first-order chi connectivity index (χ1) is 6.35. The summed E-state index contributed by atoms with van der Waals surface area (Å²) in [6.45, 7) is 1.50. The van der Waals surface area contributed by atoms with Crippen molar-refractivity contribution in [1.82, 2.24) is 4.98 Å². The predicted octanol–water partition coefficient (Wildman–Crippen LogP) is 0.775. The van der Waals surface area contributed by atoms with Gasteiger partial charge in [0, 0.05) is 0 Å². The molecule has 0 amide bonds. The van der Waals surface area contributed by atoms with E-state index in [0.717, 1.165) is 13.0 Å². The second-order valence-electron chi connectivity index (χ2n) is 3.76. The summed E-state index contributed by atoms with van der Waals surface area (Å²) in [7, 11) is 0. The smallest absolute Gasteiger partial charge is 0.203 e. The molecule has 1 aliphatic carbocycles. The third-order valence-corrected chi connectivity index (χ3v) is 2.98. The Labute approximate surface area is 74.9 Å². The van der Waals surface area contributed by atoms with Crippen molar-refractivity contribution in [1.29, 1.82) is 0 Å². The third-order valence-electron chi connectivity index (χ3n) is 2.98. The van der Waals surface area contributed by atoms with Gasteiger partial charge in [0.15, 0.2) is 12.0 Å². The molecular formula is C9H9NO3. The van der Waals surface area contributed by atoms with Gasteiger partial charge in [-0.3, -0.25) is 4.79 Å². The maximum Gasteiger partial charge on any atom is 0.203 e. The van der Waals surface area contributed by atoms with Gasteiger partial charge in [-0.05, 0) is 12.3 Å². The molecule has 1 aromatic rings. The Hall–Kier alpha value is -1.16. The fourth-order valence-electron chi connectivity index (χ4n) is 2.05. The van der Waals surface area contributed by atoms with Gasteiger partial charge in [0.05, 0.1) is 24.8 Å². The first kappa shape index (κ1) is 7.26. The zero-order valence-corrected chi connectivity index (χ0v) is 7.03. The number of aldehydes is 1. The molecule has 0 spiro atoms. The number of fused-ring (bicyclic) bond motifs is 1. The van der Waals surface area contributed by atoms with Crippen molar-refractivity contribution in [2.75, 3.05) is 13.2 Å². The van der Waals surface area contributed by atoms with Crippen LogP contribution in [0.25, 0.3) is 0 Å². The van der Waals surface area contributed by atoms with Crippen LogP contribution in [0.4, 0.5) is 0 Å². The number of oxazole rings is 1. The minimum absolute atomic E-state index is 0.0151. The Balaban J connectivity index is 1.96. The summed E-state index contributed by atoms with van der Waals surface area (Å²) < 4.78 is 10.6. The summed E-state index contributed by atoms with van der Waals surface area (Å²) >= 11 is 0. The Morgan fingerprint density at radius 1 is 1.69 bits per heavy atom.